The van der Waals surface area contributed by atoms with Gasteiger partial charge in [-0.3, -0.25) is 0 Å². The van der Waals surface area contributed by atoms with E-state index in [0.29, 0.717) is 0 Å². The molecule has 1 aliphatic rings. The van der Waals surface area contributed by atoms with Crippen molar-refractivity contribution in [2.45, 2.75) is 25.4 Å². The van der Waals surface area contributed by atoms with Crippen molar-refractivity contribution in [1.29, 1.82) is 0 Å². The van der Waals surface area contributed by atoms with Gasteiger partial charge in [-0.1, -0.05) is 30.3 Å². The topological polar surface area (TPSA) is 13.3 Å². The predicted octanol–water partition coefficient (Wildman–Crippen LogP) is -2.11. The molecule has 0 spiro atoms. The van der Waals surface area contributed by atoms with Gasteiger partial charge in [-0.2, -0.15) is 0 Å². The molecule has 0 amide bonds. The Bertz CT molecular complexity index is 369. The largest absolute Gasteiger partial charge is 0.335 e. The average molecular weight is 278 g/mol. The number of hydrogen-bond acceptors (Lipinski definition) is 0. The fourth-order valence-electron chi connectivity index (χ4n) is 3.23. The van der Waals surface area contributed by atoms with E-state index >= 15 is 0 Å². The summed E-state index contributed by atoms with van der Waals surface area (Å²) in [7, 11) is 6.88. The molecule has 3 N–H and O–H groups in total. The molecule has 1 unspecified atom stereocenters. The van der Waals surface area contributed by atoms with Crippen LogP contribution in [0.4, 0.5) is 0 Å². The Morgan fingerprint density at radius 3 is 2.25 bits per heavy atom. The van der Waals surface area contributed by atoms with Crippen molar-refractivity contribution in [1.82, 2.24) is 0 Å². The first kappa shape index (κ1) is 15.5. The van der Waals surface area contributed by atoms with Crippen LogP contribution in [0.3, 0.4) is 0 Å². The van der Waals surface area contributed by atoms with Crippen molar-refractivity contribution in [2.24, 2.45) is 0 Å². The summed E-state index contributed by atoms with van der Waals surface area (Å²) >= 11 is 0. The number of benzene rings is 1. The Labute approximate surface area is 124 Å². The van der Waals surface area contributed by atoms with E-state index in [1.54, 1.807) is 14.7 Å². The van der Waals surface area contributed by atoms with Gasteiger partial charge in [-0.25, -0.2) is 0 Å². The summed E-state index contributed by atoms with van der Waals surface area (Å²) in [6.45, 7) is 6.47. The molecule has 0 aromatic heterocycles. The van der Waals surface area contributed by atoms with Crippen LogP contribution in [-0.4, -0.2) is 53.4 Å². The average Bonchev–Trinajstić information content (AvgIpc) is 2.46. The lowest BCUT2D eigenvalue weighted by Gasteiger charge is -2.32. The highest BCUT2D eigenvalue weighted by atomic mass is 15.2. The highest BCUT2D eigenvalue weighted by molar-refractivity contribution is 5.13. The molecule has 1 aromatic rings. The highest BCUT2D eigenvalue weighted by Gasteiger charge is 2.27. The number of piperidine rings is 1. The summed E-state index contributed by atoms with van der Waals surface area (Å²) < 4.78 is 0. The van der Waals surface area contributed by atoms with E-state index in [-0.39, 0.29) is 0 Å². The summed E-state index contributed by atoms with van der Waals surface area (Å²) in [5, 5.41) is 0. The van der Waals surface area contributed by atoms with Gasteiger partial charge in [0.25, 0.3) is 0 Å². The first-order valence-corrected chi connectivity index (χ1v) is 8.14. The van der Waals surface area contributed by atoms with E-state index in [1.807, 2.05) is 0 Å². The van der Waals surface area contributed by atoms with Crippen molar-refractivity contribution < 1.29 is 14.7 Å². The molecule has 3 nitrogen and oxygen atoms in total. The monoisotopic (exact) mass is 278 g/mol. The quantitative estimate of drug-likeness (QED) is 0.527. The molecule has 0 saturated carbocycles. The molecular formula is C17H32N3+3. The minimum Gasteiger partial charge on any atom is -0.335 e. The van der Waals surface area contributed by atoms with E-state index in [2.05, 4.69) is 51.5 Å². The second-order valence-corrected chi connectivity index (χ2v) is 6.74. The zero-order valence-corrected chi connectivity index (χ0v) is 13.4. The lowest BCUT2D eigenvalue weighted by molar-refractivity contribution is -0.969. The first-order valence-electron chi connectivity index (χ1n) is 8.14. The van der Waals surface area contributed by atoms with Gasteiger partial charge in [0.05, 0.1) is 40.3 Å². The number of likely N-dealkylation sites (N-methyl/N-ethyl adjacent to an activating group) is 2. The van der Waals surface area contributed by atoms with Crippen LogP contribution in [0.2, 0.25) is 0 Å². The van der Waals surface area contributed by atoms with Crippen LogP contribution in [0.25, 0.3) is 0 Å². The summed E-state index contributed by atoms with van der Waals surface area (Å²) in [4.78, 5) is 5.07. The maximum Gasteiger partial charge on any atom is 0.127 e. The van der Waals surface area contributed by atoms with Gasteiger partial charge in [-0.05, 0) is 0 Å². The van der Waals surface area contributed by atoms with E-state index in [9.17, 15) is 0 Å². The van der Waals surface area contributed by atoms with E-state index < -0.39 is 0 Å². The zero-order chi connectivity index (χ0) is 14.4. The van der Waals surface area contributed by atoms with E-state index in [1.165, 1.54) is 51.1 Å². The van der Waals surface area contributed by atoms with Gasteiger partial charge in [-0.15, -0.1) is 0 Å². The van der Waals surface area contributed by atoms with Crippen molar-refractivity contribution in [3.8, 4) is 0 Å². The highest BCUT2D eigenvalue weighted by Crippen LogP contribution is 1.99. The van der Waals surface area contributed by atoms with E-state index in [0.717, 1.165) is 6.04 Å². The normalized spacial score (nSPS) is 24.8. The molecule has 1 heterocycles. The Hall–Kier alpha value is -0.900. The summed E-state index contributed by atoms with van der Waals surface area (Å²) in [5.74, 6) is 0. The first-order chi connectivity index (χ1) is 9.65. The minimum atomic E-state index is 0.883. The molecule has 3 heteroatoms. The number of nitrogens with one attached hydrogen (secondary N) is 3. The summed E-state index contributed by atoms with van der Waals surface area (Å²) in [6, 6.07) is 11.8. The van der Waals surface area contributed by atoms with Crippen LogP contribution in [0, 0.1) is 0 Å². The fourth-order valence-corrected chi connectivity index (χ4v) is 3.23. The summed E-state index contributed by atoms with van der Waals surface area (Å²) in [5.41, 5.74) is 1.48. The molecule has 1 atom stereocenters. The van der Waals surface area contributed by atoms with Gasteiger partial charge < -0.3 is 14.7 Å². The molecule has 20 heavy (non-hydrogen) atoms. The molecule has 1 aliphatic heterocycles. The lowest BCUT2D eigenvalue weighted by atomic mass is 10.0. The lowest BCUT2D eigenvalue weighted by Crippen LogP contribution is -3.21. The van der Waals surface area contributed by atoms with Crippen LogP contribution >= 0.6 is 0 Å². The standard InChI is InChI=1S/C17H29N3/c1-18(2)13-14-19(3)17-9-11-20(12-10-17)15-16-7-5-4-6-8-16/h4-8,17H,9-15H2,1-3H3/p+3. The molecule has 1 saturated heterocycles. The number of rotatable bonds is 6. The van der Waals surface area contributed by atoms with E-state index in [4.69, 9.17) is 0 Å². The van der Waals surface area contributed by atoms with Crippen LogP contribution in [0.1, 0.15) is 18.4 Å². The fraction of sp³-hybridized carbons (Fsp3) is 0.647. The molecule has 112 valence electrons. The van der Waals surface area contributed by atoms with Crippen molar-refractivity contribution in [2.75, 3.05) is 47.3 Å². The maximum atomic E-state index is 2.38. The Morgan fingerprint density at radius 1 is 1.00 bits per heavy atom. The van der Waals surface area contributed by atoms with Gasteiger partial charge in [0.2, 0.25) is 0 Å². The third-order valence-electron chi connectivity index (χ3n) is 4.71. The number of quaternary nitrogens is 3. The summed E-state index contributed by atoms with van der Waals surface area (Å²) in [6.07, 6.45) is 2.77. The molecule has 0 radical (unpaired) electrons. The third-order valence-corrected chi connectivity index (χ3v) is 4.71. The molecular weight excluding hydrogens is 246 g/mol. The minimum absolute atomic E-state index is 0.883. The molecule has 1 aromatic carbocycles. The second-order valence-electron chi connectivity index (χ2n) is 6.74. The van der Waals surface area contributed by atoms with Crippen molar-refractivity contribution >= 4 is 0 Å². The van der Waals surface area contributed by atoms with Crippen LogP contribution in [-0.2, 0) is 6.54 Å². The molecule has 1 fully saturated rings. The number of hydrogen-bond donors (Lipinski definition) is 3. The Kier molecular flexibility index (Phi) is 6.02. The van der Waals surface area contributed by atoms with Gasteiger partial charge in [0.15, 0.2) is 0 Å². The molecule has 0 bridgehead atoms. The Balaban J connectivity index is 1.72. The predicted molar refractivity (Wildman–Crippen MR) is 83.3 cm³/mol. The second kappa shape index (κ2) is 7.77. The number of likely N-dealkylation sites (tertiary alicyclic amines) is 1. The Morgan fingerprint density at radius 2 is 1.65 bits per heavy atom. The van der Waals surface area contributed by atoms with Crippen LogP contribution in [0.15, 0.2) is 30.3 Å². The van der Waals surface area contributed by atoms with Gasteiger partial charge in [0, 0.05) is 18.4 Å². The van der Waals surface area contributed by atoms with Gasteiger partial charge in [0.1, 0.15) is 19.6 Å². The molecule has 0 aliphatic carbocycles. The van der Waals surface area contributed by atoms with Crippen LogP contribution in [0.5, 0.6) is 0 Å². The van der Waals surface area contributed by atoms with Crippen LogP contribution < -0.4 is 14.7 Å². The zero-order valence-electron chi connectivity index (χ0n) is 13.4. The third kappa shape index (κ3) is 4.89. The SMILES string of the molecule is C[NH+](C)CC[NH+](C)C1CC[NH+](Cc2ccccc2)CC1. The van der Waals surface area contributed by atoms with Crippen molar-refractivity contribution in [3.05, 3.63) is 35.9 Å². The van der Waals surface area contributed by atoms with Crippen molar-refractivity contribution in [3.63, 3.8) is 0 Å². The maximum absolute atomic E-state index is 2.38. The van der Waals surface area contributed by atoms with Gasteiger partial charge >= 0.3 is 0 Å². The molecule has 2 rings (SSSR count). The smallest absolute Gasteiger partial charge is 0.127 e.